The first-order chi connectivity index (χ1) is 5.38. The predicted octanol–water partition coefficient (Wildman–Crippen LogP) is 2.05. The van der Waals surface area contributed by atoms with Crippen molar-refractivity contribution < 1.29 is 0 Å². The predicted molar refractivity (Wildman–Crippen MR) is 48.8 cm³/mol. The van der Waals surface area contributed by atoms with Crippen molar-refractivity contribution in [3.05, 3.63) is 22.8 Å². The van der Waals surface area contributed by atoms with Crippen LogP contribution < -0.4 is 4.90 Å². The molecule has 0 amide bonds. The Morgan fingerprint density at radius 2 is 2.27 bits per heavy atom. The van der Waals surface area contributed by atoms with E-state index in [4.69, 9.17) is 0 Å². The Labute approximate surface area is 74.4 Å². The molecule has 3 heteroatoms. The number of hydrogen-bond donors (Lipinski definition) is 0. The molecule has 0 atom stereocenters. The number of aromatic nitrogens is 1. The van der Waals surface area contributed by atoms with Crippen LogP contribution in [0, 0.1) is 0 Å². The minimum Gasteiger partial charge on any atom is -0.356 e. The standard InChI is InChI=1S/C8H9BrN2/c9-7-3-1-4-10-8(7)11-5-2-6-11/h1,3-4H,2,5-6H2. The van der Waals surface area contributed by atoms with Gasteiger partial charge in [0.25, 0.3) is 0 Å². The fraction of sp³-hybridized carbons (Fsp3) is 0.375. The molecule has 0 spiro atoms. The number of nitrogens with zero attached hydrogens (tertiary/aromatic N) is 2. The van der Waals surface area contributed by atoms with Gasteiger partial charge in [-0.1, -0.05) is 0 Å². The highest BCUT2D eigenvalue weighted by atomic mass is 79.9. The van der Waals surface area contributed by atoms with Crippen molar-refractivity contribution in [2.45, 2.75) is 6.42 Å². The number of anilines is 1. The van der Waals surface area contributed by atoms with E-state index >= 15 is 0 Å². The van der Waals surface area contributed by atoms with E-state index in [9.17, 15) is 0 Å². The molecule has 0 bridgehead atoms. The molecular weight excluding hydrogens is 204 g/mol. The molecule has 2 nitrogen and oxygen atoms in total. The molecule has 58 valence electrons. The highest BCUT2D eigenvalue weighted by molar-refractivity contribution is 9.10. The van der Waals surface area contributed by atoms with E-state index in [2.05, 4.69) is 25.8 Å². The Kier molecular flexibility index (Phi) is 1.82. The van der Waals surface area contributed by atoms with E-state index < -0.39 is 0 Å². The van der Waals surface area contributed by atoms with Gasteiger partial charge in [-0.15, -0.1) is 0 Å². The monoisotopic (exact) mass is 212 g/mol. The van der Waals surface area contributed by atoms with Crippen LogP contribution in [0.4, 0.5) is 5.82 Å². The topological polar surface area (TPSA) is 16.1 Å². The maximum Gasteiger partial charge on any atom is 0.142 e. The summed E-state index contributed by atoms with van der Waals surface area (Å²) < 4.78 is 1.10. The lowest BCUT2D eigenvalue weighted by Crippen LogP contribution is -2.37. The second kappa shape index (κ2) is 2.81. The molecule has 1 aliphatic rings. The van der Waals surface area contributed by atoms with Crippen LogP contribution in [0.5, 0.6) is 0 Å². The molecule has 2 rings (SSSR count). The fourth-order valence-electron chi connectivity index (χ4n) is 1.14. The highest BCUT2D eigenvalue weighted by Gasteiger charge is 2.17. The van der Waals surface area contributed by atoms with Crippen LogP contribution in [0.25, 0.3) is 0 Å². The maximum absolute atomic E-state index is 4.28. The second-order valence-electron chi connectivity index (χ2n) is 2.65. The van der Waals surface area contributed by atoms with Gasteiger partial charge in [-0.2, -0.15) is 0 Å². The van der Waals surface area contributed by atoms with Crippen LogP contribution in [0.15, 0.2) is 22.8 Å². The summed E-state index contributed by atoms with van der Waals surface area (Å²) >= 11 is 3.47. The number of hydrogen-bond acceptors (Lipinski definition) is 2. The van der Waals surface area contributed by atoms with E-state index in [1.165, 1.54) is 6.42 Å². The summed E-state index contributed by atoms with van der Waals surface area (Å²) in [5, 5.41) is 0. The van der Waals surface area contributed by atoms with E-state index in [0.29, 0.717) is 0 Å². The van der Waals surface area contributed by atoms with Crippen LogP contribution in [0.2, 0.25) is 0 Å². The summed E-state index contributed by atoms with van der Waals surface area (Å²) in [6.45, 7) is 2.30. The Bertz CT molecular complexity index is 258. The van der Waals surface area contributed by atoms with Crippen LogP contribution in [0.3, 0.4) is 0 Å². The van der Waals surface area contributed by atoms with Gasteiger partial charge in [-0.25, -0.2) is 4.98 Å². The molecule has 1 aromatic heterocycles. The summed E-state index contributed by atoms with van der Waals surface area (Å²) in [6.07, 6.45) is 3.13. The first kappa shape index (κ1) is 7.10. The summed E-state index contributed by atoms with van der Waals surface area (Å²) in [5.74, 6) is 1.08. The quantitative estimate of drug-likeness (QED) is 0.709. The zero-order chi connectivity index (χ0) is 7.68. The van der Waals surface area contributed by atoms with Crippen LogP contribution in [-0.4, -0.2) is 18.1 Å². The number of halogens is 1. The minimum atomic E-state index is 1.08. The first-order valence-electron chi connectivity index (χ1n) is 3.73. The lowest BCUT2D eigenvalue weighted by atomic mass is 10.2. The Morgan fingerprint density at radius 3 is 2.82 bits per heavy atom. The summed E-state index contributed by atoms with van der Waals surface area (Å²) in [4.78, 5) is 6.55. The number of pyridine rings is 1. The molecule has 2 heterocycles. The van der Waals surface area contributed by atoms with E-state index in [-0.39, 0.29) is 0 Å². The van der Waals surface area contributed by atoms with Crippen molar-refractivity contribution in [1.82, 2.24) is 4.98 Å². The van der Waals surface area contributed by atoms with Crippen LogP contribution in [-0.2, 0) is 0 Å². The Morgan fingerprint density at radius 1 is 1.45 bits per heavy atom. The Hall–Kier alpha value is -0.570. The van der Waals surface area contributed by atoms with Gasteiger partial charge in [0.15, 0.2) is 0 Å². The normalized spacial score (nSPS) is 16.3. The molecule has 0 radical (unpaired) electrons. The maximum atomic E-state index is 4.28. The molecule has 1 fully saturated rings. The Balaban J connectivity index is 2.28. The molecule has 0 unspecified atom stereocenters. The molecular formula is C8H9BrN2. The molecule has 1 aromatic rings. The van der Waals surface area contributed by atoms with E-state index in [1.54, 1.807) is 0 Å². The lowest BCUT2D eigenvalue weighted by molar-refractivity contribution is 0.608. The first-order valence-corrected chi connectivity index (χ1v) is 4.53. The van der Waals surface area contributed by atoms with Gasteiger partial charge >= 0.3 is 0 Å². The molecule has 11 heavy (non-hydrogen) atoms. The van der Waals surface area contributed by atoms with Gasteiger partial charge in [0.1, 0.15) is 5.82 Å². The van der Waals surface area contributed by atoms with Crippen molar-refractivity contribution in [3.63, 3.8) is 0 Å². The van der Waals surface area contributed by atoms with Crippen molar-refractivity contribution in [2.75, 3.05) is 18.0 Å². The van der Waals surface area contributed by atoms with Crippen LogP contribution >= 0.6 is 15.9 Å². The third kappa shape index (κ3) is 1.25. The highest BCUT2D eigenvalue weighted by Crippen LogP contribution is 2.26. The average molecular weight is 213 g/mol. The van der Waals surface area contributed by atoms with E-state index in [1.807, 2.05) is 18.3 Å². The SMILES string of the molecule is Brc1cccnc1N1CCC1. The smallest absolute Gasteiger partial charge is 0.142 e. The van der Waals surface area contributed by atoms with Crippen molar-refractivity contribution in [2.24, 2.45) is 0 Å². The van der Waals surface area contributed by atoms with Crippen molar-refractivity contribution in [3.8, 4) is 0 Å². The minimum absolute atomic E-state index is 1.08. The summed E-state index contributed by atoms with van der Waals surface area (Å²) in [6, 6.07) is 3.97. The average Bonchev–Trinajstić information content (AvgIpc) is 1.90. The molecule has 0 saturated carbocycles. The largest absolute Gasteiger partial charge is 0.356 e. The van der Waals surface area contributed by atoms with Gasteiger partial charge in [-0.3, -0.25) is 0 Å². The summed E-state index contributed by atoms with van der Waals surface area (Å²) in [7, 11) is 0. The zero-order valence-corrected chi connectivity index (χ0v) is 7.71. The summed E-state index contributed by atoms with van der Waals surface area (Å²) in [5.41, 5.74) is 0. The van der Waals surface area contributed by atoms with Gasteiger partial charge in [-0.05, 0) is 34.5 Å². The van der Waals surface area contributed by atoms with Crippen LogP contribution in [0.1, 0.15) is 6.42 Å². The van der Waals surface area contributed by atoms with Gasteiger partial charge < -0.3 is 4.90 Å². The molecule has 0 aromatic carbocycles. The molecule has 0 aliphatic carbocycles. The fourth-order valence-corrected chi connectivity index (χ4v) is 1.64. The third-order valence-electron chi connectivity index (χ3n) is 1.89. The van der Waals surface area contributed by atoms with E-state index in [0.717, 1.165) is 23.4 Å². The van der Waals surface area contributed by atoms with Crippen molar-refractivity contribution >= 4 is 21.7 Å². The lowest BCUT2D eigenvalue weighted by Gasteiger charge is -2.32. The zero-order valence-electron chi connectivity index (χ0n) is 6.13. The molecule has 0 N–H and O–H groups in total. The molecule has 1 aliphatic heterocycles. The third-order valence-corrected chi connectivity index (χ3v) is 2.51. The van der Waals surface area contributed by atoms with Gasteiger partial charge in [0.2, 0.25) is 0 Å². The molecule has 1 saturated heterocycles. The van der Waals surface area contributed by atoms with Gasteiger partial charge in [0.05, 0.1) is 4.47 Å². The van der Waals surface area contributed by atoms with Crippen molar-refractivity contribution in [1.29, 1.82) is 0 Å². The number of rotatable bonds is 1. The van der Waals surface area contributed by atoms with Gasteiger partial charge in [0, 0.05) is 19.3 Å². The second-order valence-corrected chi connectivity index (χ2v) is 3.50.